The Morgan fingerprint density at radius 1 is 1.40 bits per heavy atom. The van der Waals surface area contributed by atoms with Crippen molar-refractivity contribution in [1.82, 2.24) is 20.1 Å². The van der Waals surface area contributed by atoms with Crippen molar-refractivity contribution in [3.05, 3.63) is 45.5 Å². The number of nitrogens with one attached hydrogen (secondary N) is 1. The molecule has 1 amide bonds. The average Bonchev–Trinajstić information content (AvgIpc) is 2.73. The molecule has 0 bridgehead atoms. The van der Waals surface area contributed by atoms with E-state index >= 15 is 0 Å². The number of nitrogens with zero attached hydrogens (tertiary/aromatic N) is 3. The molecule has 0 saturated carbocycles. The fourth-order valence-electron chi connectivity index (χ4n) is 2.18. The van der Waals surface area contributed by atoms with E-state index in [0.29, 0.717) is 34.4 Å². The predicted molar refractivity (Wildman–Crippen MR) is 76.2 cm³/mol. The Bertz CT molecular complexity index is 668. The predicted octanol–water partition coefficient (Wildman–Crippen LogP) is 2.31. The lowest BCUT2D eigenvalue weighted by atomic mass is 10.2. The van der Waals surface area contributed by atoms with Crippen LogP contribution in [-0.4, -0.2) is 27.2 Å². The standard InChI is InChI=1S/C13H12Cl2N4O/c14-8-4-10(15)12(17-5-8)7-19-6-9-11(18-19)2-1-3-16-13(9)20/h4-6H,1-3,7H2,(H,16,20). The molecular formula is C13H12Cl2N4O. The molecule has 7 heteroatoms. The van der Waals surface area contributed by atoms with Crippen molar-refractivity contribution in [3.8, 4) is 0 Å². The van der Waals surface area contributed by atoms with Gasteiger partial charge < -0.3 is 5.32 Å². The van der Waals surface area contributed by atoms with Gasteiger partial charge in [-0.05, 0) is 18.9 Å². The van der Waals surface area contributed by atoms with E-state index in [9.17, 15) is 4.79 Å². The summed E-state index contributed by atoms with van der Waals surface area (Å²) in [4.78, 5) is 16.1. The van der Waals surface area contributed by atoms with Crippen LogP contribution in [0, 0.1) is 0 Å². The number of halogens is 2. The van der Waals surface area contributed by atoms with E-state index in [1.165, 1.54) is 0 Å². The average molecular weight is 311 g/mol. The van der Waals surface area contributed by atoms with E-state index in [-0.39, 0.29) is 5.91 Å². The molecule has 1 aliphatic heterocycles. The minimum Gasteiger partial charge on any atom is -0.352 e. The molecule has 0 aliphatic carbocycles. The SMILES string of the molecule is O=C1NCCCc2nn(Cc3ncc(Cl)cc3Cl)cc21. The zero-order valence-electron chi connectivity index (χ0n) is 10.6. The van der Waals surface area contributed by atoms with Crippen LogP contribution in [0.3, 0.4) is 0 Å². The van der Waals surface area contributed by atoms with Gasteiger partial charge in [0, 0.05) is 18.9 Å². The highest BCUT2D eigenvalue weighted by Crippen LogP contribution is 2.20. The van der Waals surface area contributed by atoms with Crippen LogP contribution in [0.15, 0.2) is 18.5 Å². The molecule has 0 aromatic carbocycles. The molecule has 3 rings (SSSR count). The summed E-state index contributed by atoms with van der Waals surface area (Å²) >= 11 is 11.9. The van der Waals surface area contributed by atoms with Gasteiger partial charge in [0.05, 0.1) is 33.5 Å². The lowest BCUT2D eigenvalue weighted by Gasteiger charge is -2.04. The number of carbonyl (C=O) groups excluding carboxylic acids is 1. The molecule has 0 radical (unpaired) electrons. The first-order valence-corrected chi connectivity index (χ1v) is 7.03. The van der Waals surface area contributed by atoms with Crippen molar-refractivity contribution in [3.63, 3.8) is 0 Å². The summed E-state index contributed by atoms with van der Waals surface area (Å²) in [7, 11) is 0. The topological polar surface area (TPSA) is 59.8 Å². The Kier molecular flexibility index (Phi) is 3.63. The smallest absolute Gasteiger partial charge is 0.254 e. The quantitative estimate of drug-likeness (QED) is 0.926. The van der Waals surface area contributed by atoms with Gasteiger partial charge in [-0.3, -0.25) is 14.5 Å². The number of aromatic nitrogens is 3. The fraction of sp³-hybridized carbons (Fsp3) is 0.308. The maximum Gasteiger partial charge on any atom is 0.254 e. The second-order valence-corrected chi connectivity index (χ2v) is 5.47. The number of hydrogen-bond acceptors (Lipinski definition) is 3. The second kappa shape index (κ2) is 5.42. The fourth-order valence-corrected chi connectivity index (χ4v) is 2.62. The first-order chi connectivity index (χ1) is 9.63. The van der Waals surface area contributed by atoms with Crippen LogP contribution < -0.4 is 5.32 Å². The van der Waals surface area contributed by atoms with Gasteiger partial charge in [0.15, 0.2) is 0 Å². The zero-order valence-corrected chi connectivity index (χ0v) is 12.1. The van der Waals surface area contributed by atoms with Gasteiger partial charge in [0.25, 0.3) is 5.91 Å². The third-order valence-electron chi connectivity index (χ3n) is 3.15. The molecule has 0 atom stereocenters. The molecule has 3 heterocycles. The molecule has 0 spiro atoms. The van der Waals surface area contributed by atoms with Gasteiger partial charge >= 0.3 is 0 Å². The van der Waals surface area contributed by atoms with Crippen molar-refractivity contribution in [1.29, 1.82) is 0 Å². The first-order valence-electron chi connectivity index (χ1n) is 6.28. The number of aryl methyl sites for hydroxylation is 1. The molecule has 0 unspecified atom stereocenters. The summed E-state index contributed by atoms with van der Waals surface area (Å²) in [5.74, 6) is -0.0705. The van der Waals surface area contributed by atoms with Crippen LogP contribution in [0.2, 0.25) is 10.0 Å². The molecule has 2 aromatic heterocycles. The van der Waals surface area contributed by atoms with Crippen LogP contribution in [0.1, 0.15) is 28.2 Å². The lowest BCUT2D eigenvalue weighted by Crippen LogP contribution is -2.22. The molecule has 5 nitrogen and oxygen atoms in total. The highest BCUT2D eigenvalue weighted by Gasteiger charge is 2.19. The number of hydrogen-bond donors (Lipinski definition) is 1. The number of fused-ring (bicyclic) bond motifs is 1. The maximum atomic E-state index is 11.9. The molecule has 0 fully saturated rings. The lowest BCUT2D eigenvalue weighted by molar-refractivity contribution is 0.0956. The van der Waals surface area contributed by atoms with Gasteiger partial charge in [-0.25, -0.2) is 0 Å². The highest BCUT2D eigenvalue weighted by atomic mass is 35.5. The normalized spacial score (nSPS) is 14.6. The van der Waals surface area contributed by atoms with Crippen molar-refractivity contribution < 1.29 is 4.79 Å². The van der Waals surface area contributed by atoms with Crippen LogP contribution >= 0.6 is 23.2 Å². The molecule has 104 valence electrons. The molecule has 20 heavy (non-hydrogen) atoms. The molecular weight excluding hydrogens is 299 g/mol. The van der Waals surface area contributed by atoms with Crippen molar-refractivity contribution in [2.45, 2.75) is 19.4 Å². The minimum absolute atomic E-state index is 0.0705. The summed E-state index contributed by atoms with van der Waals surface area (Å²) < 4.78 is 1.69. The van der Waals surface area contributed by atoms with E-state index < -0.39 is 0 Å². The molecule has 0 saturated heterocycles. The zero-order chi connectivity index (χ0) is 14.1. The van der Waals surface area contributed by atoms with E-state index in [2.05, 4.69) is 15.4 Å². The second-order valence-electron chi connectivity index (χ2n) is 4.63. The van der Waals surface area contributed by atoms with E-state index in [1.807, 2.05) is 0 Å². The summed E-state index contributed by atoms with van der Waals surface area (Å²) in [6.45, 7) is 1.11. The summed E-state index contributed by atoms with van der Waals surface area (Å²) in [6, 6.07) is 1.65. The highest BCUT2D eigenvalue weighted by molar-refractivity contribution is 6.34. The third kappa shape index (κ3) is 2.64. The number of carbonyl (C=O) groups is 1. The Morgan fingerprint density at radius 2 is 2.25 bits per heavy atom. The van der Waals surface area contributed by atoms with Gasteiger partial charge in [-0.15, -0.1) is 0 Å². The minimum atomic E-state index is -0.0705. The summed E-state index contributed by atoms with van der Waals surface area (Å²) in [5, 5.41) is 8.28. The molecule has 1 aliphatic rings. The largest absolute Gasteiger partial charge is 0.352 e. The van der Waals surface area contributed by atoms with E-state index in [0.717, 1.165) is 18.5 Å². The molecule has 2 aromatic rings. The third-order valence-corrected chi connectivity index (χ3v) is 3.69. The first kappa shape index (κ1) is 13.4. The van der Waals surface area contributed by atoms with Crippen LogP contribution in [-0.2, 0) is 13.0 Å². The Balaban J connectivity index is 1.88. The van der Waals surface area contributed by atoms with Crippen molar-refractivity contribution in [2.75, 3.05) is 6.54 Å². The summed E-state index contributed by atoms with van der Waals surface area (Å²) in [5.41, 5.74) is 2.13. The number of rotatable bonds is 2. The van der Waals surface area contributed by atoms with E-state index in [4.69, 9.17) is 23.2 Å². The van der Waals surface area contributed by atoms with Crippen LogP contribution in [0.25, 0.3) is 0 Å². The van der Waals surface area contributed by atoms with Gasteiger partial charge in [0.2, 0.25) is 0 Å². The Labute approximate surface area is 125 Å². The maximum absolute atomic E-state index is 11.9. The molecule has 1 N–H and O–H groups in total. The Morgan fingerprint density at radius 3 is 3.05 bits per heavy atom. The number of amides is 1. The van der Waals surface area contributed by atoms with Gasteiger partial charge in [-0.2, -0.15) is 5.10 Å². The van der Waals surface area contributed by atoms with Gasteiger partial charge in [0.1, 0.15) is 0 Å². The summed E-state index contributed by atoms with van der Waals surface area (Å²) in [6.07, 6.45) is 4.98. The van der Waals surface area contributed by atoms with E-state index in [1.54, 1.807) is 23.1 Å². The van der Waals surface area contributed by atoms with Gasteiger partial charge in [-0.1, -0.05) is 23.2 Å². The van der Waals surface area contributed by atoms with Crippen molar-refractivity contribution in [2.24, 2.45) is 0 Å². The van der Waals surface area contributed by atoms with Crippen LogP contribution in [0.5, 0.6) is 0 Å². The monoisotopic (exact) mass is 310 g/mol. The Hall–Kier alpha value is -1.59. The van der Waals surface area contributed by atoms with Crippen LogP contribution in [0.4, 0.5) is 0 Å². The van der Waals surface area contributed by atoms with Crippen molar-refractivity contribution >= 4 is 29.1 Å². The number of pyridine rings is 1.